The molecule has 0 bridgehead atoms. The molecule has 0 aliphatic carbocycles. The van der Waals surface area contributed by atoms with Crippen molar-refractivity contribution in [2.75, 3.05) is 26.7 Å². The van der Waals surface area contributed by atoms with Gasteiger partial charge in [-0.25, -0.2) is 0 Å². The smallest absolute Gasteiger partial charge is 0.119 e. The lowest BCUT2D eigenvalue weighted by molar-refractivity contribution is 0.174. The van der Waals surface area contributed by atoms with Crippen molar-refractivity contribution in [3.63, 3.8) is 0 Å². The van der Waals surface area contributed by atoms with E-state index in [0.717, 1.165) is 50.6 Å². The predicted octanol–water partition coefficient (Wildman–Crippen LogP) is 2.12. The summed E-state index contributed by atoms with van der Waals surface area (Å²) in [7, 11) is 1.69. The SMILES string of the molecule is COc1cccc([C@@H](C)NCc2cn(CCN3CC[C@H](O)C3)nc2C)c1. The standard InChI is InChI=1S/C20H30N4O2/c1-15(17-5-4-6-20(11-17)26-3)21-12-18-13-24(22-16(18)2)10-9-23-8-7-19(25)14-23/h4-6,11,13,15,19,21,25H,7-10,12,14H2,1-3H3/t15-,19+/m1/s1. The maximum Gasteiger partial charge on any atom is 0.119 e. The van der Waals surface area contributed by atoms with Gasteiger partial charge in [-0.15, -0.1) is 0 Å². The van der Waals surface area contributed by atoms with Gasteiger partial charge in [0.1, 0.15) is 5.75 Å². The molecule has 1 aliphatic rings. The number of likely N-dealkylation sites (tertiary alicyclic amines) is 1. The van der Waals surface area contributed by atoms with Crippen LogP contribution in [0.3, 0.4) is 0 Å². The summed E-state index contributed by atoms with van der Waals surface area (Å²) in [5.74, 6) is 0.882. The zero-order chi connectivity index (χ0) is 18.5. The van der Waals surface area contributed by atoms with E-state index in [9.17, 15) is 5.11 Å². The van der Waals surface area contributed by atoms with Crippen LogP contribution < -0.4 is 10.1 Å². The van der Waals surface area contributed by atoms with Crippen LogP contribution >= 0.6 is 0 Å². The molecule has 2 N–H and O–H groups in total. The van der Waals surface area contributed by atoms with E-state index in [0.29, 0.717) is 0 Å². The molecule has 0 amide bonds. The van der Waals surface area contributed by atoms with Crippen LogP contribution in [0.15, 0.2) is 30.5 Å². The summed E-state index contributed by atoms with van der Waals surface area (Å²) in [5.41, 5.74) is 3.50. The van der Waals surface area contributed by atoms with Gasteiger partial charge >= 0.3 is 0 Å². The van der Waals surface area contributed by atoms with Gasteiger partial charge in [0.25, 0.3) is 0 Å². The Hall–Kier alpha value is -1.89. The Balaban J connectivity index is 1.52. The molecule has 26 heavy (non-hydrogen) atoms. The second-order valence-electron chi connectivity index (χ2n) is 7.13. The van der Waals surface area contributed by atoms with Crippen molar-refractivity contribution in [1.82, 2.24) is 20.0 Å². The minimum absolute atomic E-state index is 0.160. The van der Waals surface area contributed by atoms with Crippen LogP contribution in [0.5, 0.6) is 5.75 Å². The lowest BCUT2D eigenvalue weighted by atomic mass is 10.1. The monoisotopic (exact) mass is 358 g/mol. The van der Waals surface area contributed by atoms with Gasteiger partial charge in [-0.05, 0) is 38.0 Å². The van der Waals surface area contributed by atoms with E-state index in [4.69, 9.17) is 4.74 Å². The summed E-state index contributed by atoms with van der Waals surface area (Å²) in [6.07, 6.45) is 2.86. The van der Waals surface area contributed by atoms with Gasteiger partial charge in [0.2, 0.25) is 0 Å². The van der Waals surface area contributed by atoms with Crippen LogP contribution in [0.2, 0.25) is 0 Å². The summed E-state index contributed by atoms with van der Waals surface area (Å²) in [6.45, 7) is 8.56. The van der Waals surface area contributed by atoms with Crippen LogP contribution in [0.1, 0.15) is 36.2 Å². The van der Waals surface area contributed by atoms with Crippen molar-refractivity contribution in [2.24, 2.45) is 0 Å². The lowest BCUT2D eigenvalue weighted by Gasteiger charge is -2.15. The third-order valence-corrected chi connectivity index (χ3v) is 5.13. The maximum atomic E-state index is 9.61. The van der Waals surface area contributed by atoms with Gasteiger partial charge < -0.3 is 15.2 Å². The van der Waals surface area contributed by atoms with E-state index < -0.39 is 0 Å². The highest BCUT2D eigenvalue weighted by Gasteiger charge is 2.19. The molecule has 0 radical (unpaired) electrons. The molecular weight excluding hydrogens is 328 g/mol. The molecule has 142 valence electrons. The first-order chi connectivity index (χ1) is 12.5. The van der Waals surface area contributed by atoms with E-state index >= 15 is 0 Å². The van der Waals surface area contributed by atoms with Gasteiger partial charge in [0, 0.05) is 44.0 Å². The number of benzene rings is 1. The molecule has 1 aromatic heterocycles. The number of hydrogen-bond donors (Lipinski definition) is 2. The van der Waals surface area contributed by atoms with Crippen molar-refractivity contribution in [1.29, 1.82) is 0 Å². The highest BCUT2D eigenvalue weighted by Crippen LogP contribution is 2.19. The minimum atomic E-state index is -0.160. The topological polar surface area (TPSA) is 62.5 Å². The Bertz CT molecular complexity index is 716. The summed E-state index contributed by atoms with van der Waals surface area (Å²) >= 11 is 0. The second kappa shape index (κ2) is 8.66. The minimum Gasteiger partial charge on any atom is -0.497 e. The summed E-state index contributed by atoms with van der Waals surface area (Å²) in [6, 6.07) is 8.40. The molecule has 3 rings (SSSR count). The molecule has 0 unspecified atom stereocenters. The fourth-order valence-electron chi connectivity index (χ4n) is 3.40. The number of β-amino-alcohol motifs (C(OH)–C–C–N with tert-alkyl or cyclic N) is 1. The summed E-state index contributed by atoms with van der Waals surface area (Å²) in [4.78, 5) is 2.30. The second-order valence-corrected chi connectivity index (χ2v) is 7.13. The number of ether oxygens (including phenoxy) is 1. The van der Waals surface area contributed by atoms with Crippen LogP contribution in [0.4, 0.5) is 0 Å². The molecular formula is C20H30N4O2. The number of nitrogens with zero attached hydrogens (tertiary/aromatic N) is 3. The van der Waals surface area contributed by atoms with Gasteiger partial charge in [-0.1, -0.05) is 12.1 Å². The van der Waals surface area contributed by atoms with Crippen molar-refractivity contribution in [3.05, 3.63) is 47.3 Å². The van der Waals surface area contributed by atoms with Crippen molar-refractivity contribution >= 4 is 0 Å². The van der Waals surface area contributed by atoms with E-state index in [1.165, 1.54) is 11.1 Å². The van der Waals surface area contributed by atoms with E-state index in [1.807, 2.05) is 16.8 Å². The number of hydrogen-bond acceptors (Lipinski definition) is 5. The Kier molecular flexibility index (Phi) is 6.29. The highest BCUT2D eigenvalue weighted by molar-refractivity contribution is 5.30. The largest absolute Gasteiger partial charge is 0.497 e. The average molecular weight is 358 g/mol. The fraction of sp³-hybridized carbons (Fsp3) is 0.550. The predicted molar refractivity (Wildman–Crippen MR) is 102 cm³/mol. The first-order valence-electron chi connectivity index (χ1n) is 9.36. The van der Waals surface area contributed by atoms with E-state index in [2.05, 4.69) is 47.5 Å². The Morgan fingerprint density at radius 3 is 2.96 bits per heavy atom. The molecule has 2 aromatic rings. The third-order valence-electron chi connectivity index (χ3n) is 5.13. The number of aliphatic hydroxyl groups is 1. The van der Waals surface area contributed by atoms with Gasteiger partial charge in [0.05, 0.1) is 25.5 Å². The van der Waals surface area contributed by atoms with Crippen molar-refractivity contribution in [3.8, 4) is 5.75 Å². The molecule has 1 fully saturated rings. The molecule has 1 saturated heterocycles. The molecule has 6 heteroatoms. The quantitative estimate of drug-likeness (QED) is 0.757. The zero-order valence-corrected chi connectivity index (χ0v) is 16.0. The number of nitrogens with one attached hydrogen (secondary N) is 1. The number of aryl methyl sites for hydroxylation is 1. The number of aromatic nitrogens is 2. The molecule has 6 nitrogen and oxygen atoms in total. The lowest BCUT2D eigenvalue weighted by Crippen LogP contribution is -2.26. The van der Waals surface area contributed by atoms with Gasteiger partial charge in [0.15, 0.2) is 0 Å². The Labute approximate surface area is 155 Å². The Morgan fingerprint density at radius 2 is 2.23 bits per heavy atom. The first-order valence-corrected chi connectivity index (χ1v) is 9.36. The first kappa shape index (κ1) is 18.9. The van der Waals surface area contributed by atoms with Crippen LogP contribution in [0, 0.1) is 6.92 Å². The normalized spacial score (nSPS) is 19.0. The number of aliphatic hydroxyl groups excluding tert-OH is 1. The van der Waals surface area contributed by atoms with Crippen LogP contribution in [0.25, 0.3) is 0 Å². The third kappa shape index (κ3) is 4.84. The molecule has 1 aromatic carbocycles. The number of rotatable bonds is 8. The summed E-state index contributed by atoms with van der Waals surface area (Å²) in [5, 5.41) is 17.8. The van der Waals surface area contributed by atoms with Crippen LogP contribution in [-0.2, 0) is 13.1 Å². The maximum absolute atomic E-state index is 9.61. The zero-order valence-electron chi connectivity index (χ0n) is 16.0. The van der Waals surface area contributed by atoms with Crippen molar-refractivity contribution in [2.45, 2.75) is 45.5 Å². The van der Waals surface area contributed by atoms with E-state index in [1.54, 1.807) is 7.11 Å². The molecule has 0 saturated carbocycles. The summed E-state index contributed by atoms with van der Waals surface area (Å²) < 4.78 is 7.33. The van der Waals surface area contributed by atoms with E-state index in [-0.39, 0.29) is 12.1 Å². The molecule has 0 spiro atoms. The number of methoxy groups -OCH3 is 1. The molecule has 1 aliphatic heterocycles. The highest BCUT2D eigenvalue weighted by atomic mass is 16.5. The van der Waals surface area contributed by atoms with Crippen molar-refractivity contribution < 1.29 is 9.84 Å². The van der Waals surface area contributed by atoms with Crippen LogP contribution in [-0.4, -0.2) is 52.6 Å². The van der Waals surface area contributed by atoms with Gasteiger partial charge in [-0.3, -0.25) is 9.58 Å². The fourth-order valence-corrected chi connectivity index (χ4v) is 3.40. The average Bonchev–Trinajstić information content (AvgIpc) is 3.23. The molecule has 2 atom stereocenters. The van der Waals surface area contributed by atoms with Gasteiger partial charge in [-0.2, -0.15) is 5.10 Å². The molecule has 2 heterocycles. The Morgan fingerprint density at radius 1 is 1.38 bits per heavy atom.